The largest absolute Gasteiger partial charge is 0.380 e. The first-order valence-electron chi connectivity index (χ1n) is 6.64. The van der Waals surface area contributed by atoms with Crippen molar-refractivity contribution in [2.24, 2.45) is 0 Å². The molecule has 0 saturated heterocycles. The Morgan fingerprint density at radius 3 is 2.75 bits per heavy atom. The number of ether oxygens (including phenoxy) is 1. The van der Waals surface area contributed by atoms with E-state index in [-0.39, 0.29) is 6.10 Å². The topological polar surface area (TPSA) is 59.9 Å². The Hall–Kier alpha value is -2.01. The molecule has 5 nitrogen and oxygen atoms in total. The molecule has 2 aromatic rings. The zero-order valence-corrected chi connectivity index (χ0v) is 12.3. The van der Waals surface area contributed by atoms with Gasteiger partial charge in [0.15, 0.2) is 5.82 Å². The van der Waals surface area contributed by atoms with E-state index in [1.54, 1.807) is 19.5 Å². The van der Waals surface area contributed by atoms with Gasteiger partial charge in [0.25, 0.3) is 0 Å². The number of methoxy groups -OCH3 is 1. The second kappa shape index (κ2) is 6.43. The molecule has 0 aliphatic carbocycles. The minimum absolute atomic E-state index is 0.131. The molecule has 0 bridgehead atoms. The van der Waals surface area contributed by atoms with Gasteiger partial charge in [-0.15, -0.1) is 0 Å². The minimum Gasteiger partial charge on any atom is -0.380 e. The van der Waals surface area contributed by atoms with E-state index < -0.39 is 0 Å². The third-order valence-corrected chi connectivity index (χ3v) is 3.27. The van der Waals surface area contributed by atoms with E-state index in [1.165, 1.54) is 0 Å². The Morgan fingerprint density at radius 1 is 1.30 bits per heavy atom. The first-order valence-corrected chi connectivity index (χ1v) is 6.64. The molecule has 0 aliphatic rings. The standard InChI is InChI=1S/C15H20N4O/c1-10(20-4)8-17-14-11(2)12(3)18-15(19-14)13-6-5-7-16-9-13/h5-7,9-10H,8H2,1-4H3,(H,17,18,19). The van der Waals surface area contributed by atoms with Crippen LogP contribution in [0.25, 0.3) is 11.4 Å². The van der Waals surface area contributed by atoms with Gasteiger partial charge < -0.3 is 10.1 Å². The summed E-state index contributed by atoms with van der Waals surface area (Å²) in [6, 6.07) is 3.84. The van der Waals surface area contributed by atoms with Crippen molar-refractivity contribution in [1.29, 1.82) is 0 Å². The summed E-state index contributed by atoms with van der Waals surface area (Å²) >= 11 is 0. The van der Waals surface area contributed by atoms with Crippen LogP contribution in [0.2, 0.25) is 0 Å². The number of hydrogen-bond acceptors (Lipinski definition) is 5. The normalized spacial score (nSPS) is 12.2. The SMILES string of the molecule is COC(C)CNc1nc(-c2cccnc2)nc(C)c1C. The monoisotopic (exact) mass is 272 g/mol. The number of hydrogen-bond donors (Lipinski definition) is 1. The zero-order valence-electron chi connectivity index (χ0n) is 12.3. The lowest BCUT2D eigenvalue weighted by Gasteiger charge is -2.15. The summed E-state index contributed by atoms with van der Waals surface area (Å²) in [5.41, 5.74) is 2.94. The number of aromatic nitrogens is 3. The fourth-order valence-corrected chi connectivity index (χ4v) is 1.75. The van der Waals surface area contributed by atoms with Gasteiger partial charge in [0.1, 0.15) is 5.82 Å². The fourth-order valence-electron chi connectivity index (χ4n) is 1.75. The van der Waals surface area contributed by atoms with Gasteiger partial charge in [-0.2, -0.15) is 0 Å². The van der Waals surface area contributed by atoms with Crippen molar-refractivity contribution in [2.75, 3.05) is 19.0 Å². The van der Waals surface area contributed by atoms with E-state index in [2.05, 4.69) is 20.3 Å². The lowest BCUT2D eigenvalue weighted by atomic mass is 10.2. The molecule has 1 atom stereocenters. The summed E-state index contributed by atoms with van der Waals surface area (Å²) in [7, 11) is 1.70. The number of rotatable bonds is 5. The number of pyridine rings is 1. The molecule has 1 unspecified atom stereocenters. The van der Waals surface area contributed by atoms with Crippen LogP contribution < -0.4 is 5.32 Å². The smallest absolute Gasteiger partial charge is 0.163 e. The average Bonchev–Trinajstić information content (AvgIpc) is 2.49. The van der Waals surface area contributed by atoms with E-state index >= 15 is 0 Å². The molecular weight excluding hydrogens is 252 g/mol. The van der Waals surface area contributed by atoms with Crippen LogP contribution in [0.3, 0.4) is 0 Å². The second-order valence-corrected chi connectivity index (χ2v) is 4.78. The first-order chi connectivity index (χ1) is 9.61. The lowest BCUT2D eigenvalue weighted by molar-refractivity contribution is 0.128. The predicted octanol–water partition coefficient (Wildman–Crippen LogP) is 2.60. The molecule has 0 radical (unpaired) electrons. The summed E-state index contributed by atoms with van der Waals surface area (Å²) < 4.78 is 5.24. The summed E-state index contributed by atoms with van der Waals surface area (Å²) in [5, 5.41) is 3.32. The zero-order chi connectivity index (χ0) is 14.5. The van der Waals surface area contributed by atoms with Gasteiger partial charge in [0.2, 0.25) is 0 Å². The quantitative estimate of drug-likeness (QED) is 0.906. The number of anilines is 1. The van der Waals surface area contributed by atoms with E-state index in [9.17, 15) is 0 Å². The van der Waals surface area contributed by atoms with E-state index in [0.29, 0.717) is 12.4 Å². The Labute approximate surface area is 119 Å². The molecule has 0 aromatic carbocycles. The highest BCUT2D eigenvalue weighted by atomic mass is 16.5. The van der Waals surface area contributed by atoms with E-state index in [4.69, 9.17) is 4.74 Å². The van der Waals surface area contributed by atoms with Crippen molar-refractivity contribution < 1.29 is 4.74 Å². The molecule has 0 saturated carbocycles. The predicted molar refractivity (Wildman–Crippen MR) is 79.7 cm³/mol. The molecule has 2 heterocycles. The van der Waals surface area contributed by atoms with Crippen LogP contribution in [0.4, 0.5) is 5.82 Å². The summed E-state index contributed by atoms with van der Waals surface area (Å²) in [4.78, 5) is 13.2. The fraction of sp³-hybridized carbons (Fsp3) is 0.400. The van der Waals surface area contributed by atoms with Gasteiger partial charge in [0, 0.05) is 42.9 Å². The van der Waals surface area contributed by atoms with Crippen molar-refractivity contribution in [3.05, 3.63) is 35.8 Å². The van der Waals surface area contributed by atoms with Crippen molar-refractivity contribution in [3.8, 4) is 11.4 Å². The Balaban J connectivity index is 2.30. The Bertz CT molecular complexity index is 572. The van der Waals surface area contributed by atoms with Crippen molar-refractivity contribution in [1.82, 2.24) is 15.0 Å². The van der Waals surface area contributed by atoms with Crippen LogP contribution in [0.1, 0.15) is 18.2 Å². The molecule has 5 heteroatoms. The Morgan fingerprint density at radius 2 is 2.10 bits per heavy atom. The highest BCUT2D eigenvalue weighted by Gasteiger charge is 2.10. The van der Waals surface area contributed by atoms with Crippen molar-refractivity contribution in [2.45, 2.75) is 26.9 Å². The average molecular weight is 272 g/mol. The minimum atomic E-state index is 0.131. The van der Waals surface area contributed by atoms with Crippen LogP contribution in [-0.4, -0.2) is 34.7 Å². The molecule has 106 valence electrons. The van der Waals surface area contributed by atoms with Gasteiger partial charge in [-0.05, 0) is 32.9 Å². The maximum absolute atomic E-state index is 5.24. The van der Waals surface area contributed by atoms with Gasteiger partial charge >= 0.3 is 0 Å². The van der Waals surface area contributed by atoms with Gasteiger partial charge in [0.05, 0.1) is 6.10 Å². The highest BCUT2D eigenvalue weighted by Crippen LogP contribution is 2.20. The Kier molecular flexibility index (Phi) is 4.63. The molecule has 0 amide bonds. The molecule has 1 N–H and O–H groups in total. The van der Waals surface area contributed by atoms with Crippen LogP contribution in [0.15, 0.2) is 24.5 Å². The molecule has 0 spiro atoms. The van der Waals surface area contributed by atoms with Crippen LogP contribution in [-0.2, 0) is 4.74 Å². The van der Waals surface area contributed by atoms with Crippen molar-refractivity contribution in [3.63, 3.8) is 0 Å². The molecule has 20 heavy (non-hydrogen) atoms. The maximum Gasteiger partial charge on any atom is 0.163 e. The molecule has 0 fully saturated rings. The summed E-state index contributed by atoms with van der Waals surface area (Å²) in [5.74, 6) is 1.54. The second-order valence-electron chi connectivity index (χ2n) is 4.78. The summed E-state index contributed by atoms with van der Waals surface area (Å²) in [6.07, 6.45) is 3.64. The molecule has 2 rings (SSSR count). The highest BCUT2D eigenvalue weighted by molar-refractivity contribution is 5.58. The maximum atomic E-state index is 5.24. The number of nitrogens with one attached hydrogen (secondary N) is 1. The third-order valence-electron chi connectivity index (χ3n) is 3.27. The van der Waals surface area contributed by atoms with Gasteiger partial charge in [-0.25, -0.2) is 9.97 Å². The molecule has 0 aliphatic heterocycles. The third kappa shape index (κ3) is 3.30. The van der Waals surface area contributed by atoms with E-state index in [1.807, 2.05) is 32.9 Å². The number of nitrogens with zero attached hydrogens (tertiary/aromatic N) is 3. The lowest BCUT2D eigenvalue weighted by Crippen LogP contribution is -2.19. The van der Waals surface area contributed by atoms with Crippen molar-refractivity contribution >= 4 is 5.82 Å². The van der Waals surface area contributed by atoms with Crippen LogP contribution in [0, 0.1) is 13.8 Å². The van der Waals surface area contributed by atoms with Crippen LogP contribution in [0.5, 0.6) is 0 Å². The molecule has 2 aromatic heterocycles. The molecular formula is C15H20N4O. The van der Waals surface area contributed by atoms with Crippen LogP contribution >= 0.6 is 0 Å². The summed E-state index contributed by atoms with van der Waals surface area (Å²) in [6.45, 7) is 6.72. The van der Waals surface area contributed by atoms with E-state index in [0.717, 1.165) is 22.6 Å². The first kappa shape index (κ1) is 14.4. The van der Waals surface area contributed by atoms with Gasteiger partial charge in [-0.1, -0.05) is 0 Å². The van der Waals surface area contributed by atoms with Gasteiger partial charge in [-0.3, -0.25) is 4.98 Å². The number of aryl methyl sites for hydroxylation is 1.